The molecule has 33 heavy (non-hydrogen) atoms. The Bertz CT molecular complexity index is 1150. The SMILES string of the molecule is COCc1ccc(C)c(Nc2ncc(-c3cc(OC(C)(C)C)cc(N4CCNC4=O)c3)o2)c1. The monoisotopic (exact) mass is 450 g/mol. The fraction of sp³-hybridized carbons (Fsp3) is 0.360. The van der Waals surface area contributed by atoms with Gasteiger partial charge in [-0.2, -0.15) is 0 Å². The quantitative estimate of drug-likeness (QED) is 0.511. The summed E-state index contributed by atoms with van der Waals surface area (Å²) in [5.41, 5.74) is 4.16. The molecule has 174 valence electrons. The van der Waals surface area contributed by atoms with Gasteiger partial charge in [0.2, 0.25) is 0 Å². The van der Waals surface area contributed by atoms with Gasteiger partial charge in [-0.15, -0.1) is 0 Å². The number of nitrogens with zero attached hydrogens (tertiary/aromatic N) is 2. The number of anilines is 3. The van der Waals surface area contributed by atoms with Crippen LogP contribution < -0.4 is 20.3 Å². The zero-order valence-corrected chi connectivity index (χ0v) is 19.7. The number of aryl methyl sites for hydroxylation is 1. The van der Waals surface area contributed by atoms with Crippen LogP contribution in [0.5, 0.6) is 5.75 Å². The van der Waals surface area contributed by atoms with Gasteiger partial charge in [-0.05, 0) is 57.0 Å². The third-order valence-electron chi connectivity index (χ3n) is 5.13. The van der Waals surface area contributed by atoms with E-state index >= 15 is 0 Å². The zero-order chi connectivity index (χ0) is 23.6. The zero-order valence-electron chi connectivity index (χ0n) is 19.7. The molecule has 1 saturated heterocycles. The average molecular weight is 451 g/mol. The van der Waals surface area contributed by atoms with Gasteiger partial charge in [-0.3, -0.25) is 4.90 Å². The van der Waals surface area contributed by atoms with Crippen LogP contribution in [0.3, 0.4) is 0 Å². The second kappa shape index (κ2) is 9.15. The Morgan fingerprint density at radius 3 is 2.73 bits per heavy atom. The third kappa shape index (κ3) is 5.46. The molecule has 0 unspecified atom stereocenters. The largest absolute Gasteiger partial charge is 0.488 e. The normalized spacial score (nSPS) is 13.8. The average Bonchev–Trinajstić information content (AvgIpc) is 3.38. The minimum Gasteiger partial charge on any atom is -0.488 e. The van der Waals surface area contributed by atoms with Gasteiger partial charge in [0.05, 0.1) is 12.8 Å². The number of ether oxygens (including phenoxy) is 2. The van der Waals surface area contributed by atoms with Gasteiger partial charge >= 0.3 is 6.03 Å². The maximum atomic E-state index is 12.3. The van der Waals surface area contributed by atoms with Crippen LogP contribution in [0.25, 0.3) is 11.3 Å². The molecule has 0 saturated carbocycles. The number of amides is 2. The second-order valence-electron chi connectivity index (χ2n) is 9.05. The molecule has 1 aromatic heterocycles. The summed E-state index contributed by atoms with van der Waals surface area (Å²) < 4.78 is 17.4. The van der Waals surface area contributed by atoms with Crippen molar-refractivity contribution in [3.63, 3.8) is 0 Å². The molecule has 0 radical (unpaired) electrons. The predicted octanol–water partition coefficient (Wildman–Crippen LogP) is 5.25. The molecule has 2 N–H and O–H groups in total. The van der Waals surface area contributed by atoms with E-state index < -0.39 is 0 Å². The number of nitrogens with one attached hydrogen (secondary N) is 2. The summed E-state index contributed by atoms with van der Waals surface area (Å²) >= 11 is 0. The fourth-order valence-corrected chi connectivity index (χ4v) is 3.65. The first-order valence-corrected chi connectivity index (χ1v) is 10.9. The second-order valence-corrected chi connectivity index (χ2v) is 9.05. The number of methoxy groups -OCH3 is 1. The van der Waals surface area contributed by atoms with E-state index in [0.29, 0.717) is 37.2 Å². The maximum absolute atomic E-state index is 12.3. The number of carbonyl (C=O) groups excluding carboxylic acids is 1. The first kappa shape index (κ1) is 22.7. The fourth-order valence-electron chi connectivity index (χ4n) is 3.65. The van der Waals surface area contributed by atoms with Crippen LogP contribution >= 0.6 is 0 Å². The molecule has 0 atom stereocenters. The molecule has 2 heterocycles. The molecule has 1 aliphatic heterocycles. The number of benzene rings is 2. The highest BCUT2D eigenvalue weighted by Gasteiger charge is 2.24. The summed E-state index contributed by atoms with van der Waals surface area (Å²) in [5, 5.41) is 6.09. The van der Waals surface area contributed by atoms with Gasteiger partial charge in [-0.1, -0.05) is 12.1 Å². The van der Waals surface area contributed by atoms with Crippen LogP contribution in [-0.2, 0) is 11.3 Å². The van der Waals surface area contributed by atoms with Gasteiger partial charge in [0.25, 0.3) is 6.01 Å². The van der Waals surface area contributed by atoms with Crippen molar-refractivity contribution >= 4 is 23.4 Å². The van der Waals surface area contributed by atoms with Crippen molar-refractivity contribution in [2.45, 2.75) is 39.9 Å². The van der Waals surface area contributed by atoms with Gasteiger partial charge in [0.1, 0.15) is 11.4 Å². The summed E-state index contributed by atoms with van der Waals surface area (Å²) in [6, 6.07) is 12.0. The Morgan fingerprint density at radius 1 is 1.21 bits per heavy atom. The molecule has 8 heteroatoms. The lowest BCUT2D eigenvalue weighted by Gasteiger charge is -2.23. The molecule has 0 bridgehead atoms. The number of hydrogen-bond acceptors (Lipinski definition) is 6. The van der Waals surface area contributed by atoms with Crippen molar-refractivity contribution in [3.05, 3.63) is 53.7 Å². The lowest BCUT2D eigenvalue weighted by atomic mass is 10.1. The van der Waals surface area contributed by atoms with Crippen LogP contribution in [0.2, 0.25) is 0 Å². The van der Waals surface area contributed by atoms with Crippen molar-refractivity contribution in [2.75, 3.05) is 30.4 Å². The molecule has 2 amide bonds. The van der Waals surface area contributed by atoms with Crippen molar-refractivity contribution in [1.82, 2.24) is 10.3 Å². The highest BCUT2D eigenvalue weighted by atomic mass is 16.5. The van der Waals surface area contributed by atoms with Gasteiger partial charge < -0.3 is 24.5 Å². The predicted molar refractivity (Wildman–Crippen MR) is 128 cm³/mol. The van der Waals surface area contributed by atoms with E-state index in [2.05, 4.69) is 15.6 Å². The van der Waals surface area contributed by atoms with Crippen molar-refractivity contribution in [3.8, 4) is 17.1 Å². The first-order valence-electron chi connectivity index (χ1n) is 10.9. The Morgan fingerprint density at radius 2 is 2.03 bits per heavy atom. The van der Waals surface area contributed by atoms with E-state index in [-0.39, 0.29) is 11.6 Å². The van der Waals surface area contributed by atoms with Gasteiger partial charge in [0, 0.05) is 43.2 Å². The standard InChI is InChI=1S/C25H30N4O4/c1-16-6-7-17(15-31-5)10-21(16)28-23-27-14-22(32-23)18-11-19(29-9-8-26-24(29)30)13-20(12-18)33-25(2,3)4/h6-7,10-14H,8-9,15H2,1-5H3,(H,26,30)(H,27,28). The molecule has 2 aromatic carbocycles. The van der Waals surface area contributed by atoms with E-state index in [1.165, 1.54) is 0 Å². The lowest BCUT2D eigenvalue weighted by Crippen LogP contribution is -2.28. The van der Waals surface area contributed by atoms with Gasteiger partial charge in [0.15, 0.2) is 5.76 Å². The maximum Gasteiger partial charge on any atom is 0.321 e. The van der Waals surface area contributed by atoms with Crippen molar-refractivity contribution in [2.24, 2.45) is 0 Å². The van der Waals surface area contributed by atoms with Crippen molar-refractivity contribution < 1.29 is 18.7 Å². The topological polar surface area (TPSA) is 88.9 Å². The molecule has 0 spiro atoms. The van der Waals surface area contributed by atoms with Crippen LogP contribution in [0, 0.1) is 6.92 Å². The number of aromatic nitrogens is 1. The highest BCUT2D eigenvalue weighted by molar-refractivity contribution is 5.95. The van der Waals surface area contributed by atoms with E-state index in [4.69, 9.17) is 13.9 Å². The highest BCUT2D eigenvalue weighted by Crippen LogP contribution is 2.34. The van der Waals surface area contributed by atoms with Crippen LogP contribution in [0.1, 0.15) is 31.9 Å². The van der Waals surface area contributed by atoms with E-state index in [1.54, 1.807) is 18.2 Å². The minimum atomic E-state index is -0.387. The summed E-state index contributed by atoms with van der Waals surface area (Å²) in [6.07, 6.45) is 1.67. The molecule has 8 nitrogen and oxygen atoms in total. The van der Waals surface area contributed by atoms with Crippen molar-refractivity contribution in [1.29, 1.82) is 0 Å². The van der Waals surface area contributed by atoms with Gasteiger partial charge in [-0.25, -0.2) is 9.78 Å². The van der Waals surface area contributed by atoms with E-state index in [9.17, 15) is 4.79 Å². The molecule has 0 aliphatic carbocycles. The molecular formula is C25H30N4O4. The first-order chi connectivity index (χ1) is 15.7. The number of rotatable bonds is 7. The lowest BCUT2D eigenvalue weighted by molar-refractivity contribution is 0.131. The molecule has 3 aromatic rings. The Kier molecular flexibility index (Phi) is 6.29. The number of oxazole rings is 1. The number of carbonyl (C=O) groups is 1. The smallest absolute Gasteiger partial charge is 0.321 e. The Hall–Kier alpha value is -3.52. The summed E-state index contributed by atoms with van der Waals surface area (Å²) in [6.45, 7) is 9.70. The Balaban J connectivity index is 1.64. The molecular weight excluding hydrogens is 420 g/mol. The van der Waals surface area contributed by atoms with E-state index in [1.807, 2.05) is 64.1 Å². The minimum absolute atomic E-state index is 0.125. The van der Waals surface area contributed by atoms with Crippen LogP contribution in [0.15, 0.2) is 47.0 Å². The van der Waals surface area contributed by atoms with Crippen LogP contribution in [-0.4, -0.2) is 36.8 Å². The Labute approximate surface area is 193 Å². The number of hydrogen-bond donors (Lipinski definition) is 2. The molecule has 4 rings (SSSR count). The summed E-state index contributed by atoms with van der Waals surface area (Å²) in [5.74, 6) is 1.23. The molecule has 1 fully saturated rings. The molecule has 1 aliphatic rings. The summed E-state index contributed by atoms with van der Waals surface area (Å²) in [7, 11) is 1.67. The van der Waals surface area contributed by atoms with Crippen LogP contribution in [0.4, 0.5) is 22.2 Å². The number of urea groups is 1. The van der Waals surface area contributed by atoms with E-state index in [0.717, 1.165) is 28.1 Å². The third-order valence-corrected chi connectivity index (χ3v) is 5.13. The summed E-state index contributed by atoms with van der Waals surface area (Å²) in [4.78, 5) is 18.4.